The van der Waals surface area contributed by atoms with Crippen LogP contribution in [0.1, 0.15) is 21.5 Å². The van der Waals surface area contributed by atoms with Gasteiger partial charge in [-0.1, -0.05) is 23.8 Å². The van der Waals surface area contributed by atoms with Gasteiger partial charge in [-0.05, 0) is 55.0 Å². The molecule has 0 radical (unpaired) electrons. The zero-order valence-electron chi connectivity index (χ0n) is 11.8. The highest BCUT2D eigenvalue weighted by Crippen LogP contribution is 2.20. The minimum Gasteiger partial charge on any atom is -0.389 e. The average molecular weight is 319 g/mol. The zero-order chi connectivity index (χ0) is 15.6. The molecule has 0 aliphatic rings. The third-order valence-electron chi connectivity index (χ3n) is 3.25. The van der Waals surface area contributed by atoms with E-state index in [1.54, 1.807) is 42.3 Å². The summed E-state index contributed by atoms with van der Waals surface area (Å²) in [6.07, 6.45) is 0. The van der Waals surface area contributed by atoms with Crippen LogP contribution in [0.4, 0.5) is 5.69 Å². The first-order chi connectivity index (χ1) is 9.90. The maximum atomic E-state index is 12.5. The first-order valence-corrected chi connectivity index (χ1v) is 7.13. The highest BCUT2D eigenvalue weighted by Gasteiger charge is 2.14. The molecule has 0 heterocycles. The number of hydrogen-bond acceptors (Lipinski definition) is 2. The van der Waals surface area contributed by atoms with Crippen molar-refractivity contribution in [2.75, 3.05) is 11.9 Å². The van der Waals surface area contributed by atoms with E-state index >= 15 is 0 Å². The molecule has 0 unspecified atom stereocenters. The molecular weight excluding hydrogens is 304 g/mol. The summed E-state index contributed by atoms with van der Waals surface area (Å²) in [7, 11) is 1.72. The van der Waals surface area contributed by atoms with Gasteiger partial charge >= 0.3 is 0 Å². The van der Waals surface area contributed by atoms with Gasteiger partial charge in [-0.3, -0.25) is 4.79 Å². The molecule has 0 fully saturated rings. The number of hydrogen-bond donors (Lipinski definition) is 1. The van der Waals surface area contributed by atoms with Gasteiger partial charge in [0.1, 0.15) is 4.99 Å². The second kappa shape index (κ2) is 6.24. The number of carbonyl (C=O) groups is 1. The highest BCUT2D eigenvalue weighted by atomic mass is 35.5. The summed E-state index contributed by atoms with van der Waals surface area (Å²) in [5.41, 5.74) is 8.58. The van der Waals surface area contributed by atoms with Gasteiger partial charge in [0.2, 0.25) is 0 Å². The molecule has 0 saturated heterocycles. The van der Waals surface area contributed by atoms with Crippen LogP contribution in [0, 0.1) is 6.92 Å². The molecule has 21 heavy (non-hydrogen) atoms. The molecule has 0 aliphatic heterocycles. The molecule has 2 aromatic rings. The van der Waals surface area contributed by atoms with Gasteiger partial charge in [0.05, 0.1) is 0 Å². The fraction of sp³-hybridized carbons (Fsp3) is 0.125. The van der Waals surface area contributed by atoms with Crippen molar-refractivity contribution in [3.05, 3.63) is 64.2 Å². The first kappa shape index (κ1) is 15.5. The molecule has 0 spiro atoms. The largest absolute Gasteiger partial charge is 0.389 e. The molecule has 0 aromatic heterocycles. The molecule has 1 amide bonds. The number of rotatable bonds is 3. The van der Waals surface area contributed by atoms with Crippen LogP contribution in [0.3, 0.4) is 0 Å². The summed E-state index contributed by atoms with van der Waals surface area (Å²) in [5, 5.41) is 0.648. The number of nitrogens with zero attached hydrogens (tertiary/aromatic N) is 1. The molecule has 5 heteroatoms. The number of thiocarbonyl (C=S) groups is 1. The predicted octanol–water partition coefficient (Wildman–Crippen LogP) is 3.56. The van der Waals surface area contributed by atoms with Gasteiger partial charge in [-0.2, -0.15) is 0 Å². The lowest BCUT2D eigenvalue weighted by Gasteiger charge is -2.18. The first-order valence-electron chi connectivity index (χ1n) is 6.34. The van der Waals surface area contributed by atoms with E-state index in [1.165, 1.54) is 0 Å². The van der Waals surface area contributed by atoms with Crippen LogP contribution < -0.4 is 10.6 Å². The van der Waals surface area contributed by atoms with Gasteiger partial charge in [0.15, 0.2) is 0 Å². The van der Waals surface area contributed by atoms with Crippen LogP contribution in [0.2, 0.25) is 5.02 Å². The predicted molar refractivity (Wildman–Crippen MR) is 91.3 cm³/mol. The van der Waals surface area contributed by atoms with Crippen molar-refractivity contribution in [3.8, 4) is 0 Å². The van der Waals surface area contributed by atoms with E-state index in [1.807, 2.05) is 19.1 Å². The monoisotopic (exact) mass is 318 g/mol. The van der Waals surface area contributed by atoms with Crippen LogP contribution in [0.5, 0.6) is 0 Å². The Bertz CT molecular complexity index is 698. The van der Waals surface area contributed by atoms with Crippen molar-refractivity contribution in [2.45, 2.75) is 6.92 Å². The van der Waals surface area contributed by atoms with Crippen molar-refractivity contribution in [1.29, 1.82) is 0 Å². The minimum absolute atomic E-state index is 0.0992. The lowest BCUT2D eigenvalue weighted by molar-refractivity contribution is 0.0993. The summed E-state index contributed by atoms with van der Waals surface area (Å²) in [6, 6.07) is 12.5. The van der Waals surface area contributed by atoms with E-state index in [0.29, 0.717) is 15.6 Å². The molecule has 2 aromatic carbocycles. The fourth-order valence-electron chi connectivity index (χ4n) is 1.94. The Morgan fingerprint density at radius 3 is 2.24 bits per heavy atom. The van der Waals surface area contributed by atoms with Crippen LogP contribution >= 0.6 is 23.8 Å². The number of carbonyl (C=O) groups excluding carboxylic acids is 1. The van der Waals surface area contributed by atoms with Crippen molar-refractivity contribution < 1.29 is 4.79 Å². The number of anilines is 1. The van der Waals surface area contributed by atoms with E-state index in [-0.39, 0.29) is 5.91 Å². The lowest BCUT2D eigenvalue weighted by atomic mass is 10.1. The van der Waals surface area contributed by atoms with Crippen LogP contribution in [0.15, 0.2) is 42.5 Å². The standard InChI is InChI=1S/C16H15ClN2OS/c1-10-9-12(5-8-14(10)17)16(20)19(2)13-6-3-11(4-7-13)15(18)21/h3-9H,1-2H3,(H2,18,21). The Kier molecular flexibility index (Phi) is 4.60. The Morgan fingerprint density at radius 2 is 1.71 bits per heavy atom. The summed E-state index contributed by atoms with van der Waals surface area (Å²) < 4.78 is 0. The van der Waals surface area contributed by atoms with Crippen LogP contribution in [0.25, 0.3) is 0 Å². The SMILES string of the molecule is Cc1cc(C(=O)N(C)c2ccc(C(N)=S)cc2)ccc1Cl. The number of amides is 1. The fourth-order valence-corrected chi connectivity index (χ4v) is 2.19. The molecule has 0 bridgehead atoms. The van der Waals surface area contributed by atoms with E-state index < -0.39 is 0 Å². The summed E-state index contributed by atoms with van der Waals surface area (Å²) >= 11 is 10.9. The smallest absolute Gasteiger partial charge is 0.258 e. The quantitative estimate of drug-likeness (QED) is 0.880. The van der Waals surface area contributed by atoms with Gasteiger partial charge in [0, 0.05) is 28.9 Å². The van der Waals surface area contributed by atoms with Crippen LogP contribution in [-0.4, -0.2) is 17.9 Å². The second-order valence-corrected chi connectivity index (χ2v) is 5.59. The summed E-state index contributed by atoms with van der Waals surface area (Å²) in [6.45, 7) is 1.87. The Labute approximate surface area is 134 Å². The van der Waals surface area contributed by atoms with Crippen molar-refractivity contribution in [2.24, 2.45) is 5.73 Å². The van der Waals surface area contributed by atoms with Gasteiger partial charge in [-0.15, -0.1) is 0 Å². The third kappa shape index (κ3) is 3.40. The highest BCUT2D eigenvalue weighted by molar-refractivity contribution is 7.80. The Hall–Kier alpha value is -1.91. The summed E-state index contributed by atoms with van der Waals surface area (Å²) in [4.78, 5) is 14.4. The van der Waals surface area contributed by atoms with Gasteiger partial charge < -0.3 is 10.6 Å². The van der Waals surface area contributed by atoms with E-state index in [9.17, 15) is 4.79 Å². The molecule has 0 aliphatic carbocycles. The molecule has 108 valence electrons. The molecule has 3 nitrogen and oxygen atoms in total. The van der Waals surface area contributed by atoms with Gasteiger partial charge in [-0.25, -0.2) is 0 Å². The van der Waals surface area contributed by atoms with Crippen molar-refractivity contribution in [1.82, 2.24) is 0 Å². The second-order valence-electron chi connectivity index (χ2n) is 4.74. The molecule has 0 saturated carbocycles. The molecule has 2 N–H and O–H groups in total. The average Bonchev–Trinajstić information content (AvgIpc) is 2.48. The van der Waals surface area contributed by atoms with Crippen molar-refractivity contribution >= 4 is 40.4 Å². The number of halogens is 1. The maximum absolute atomic E-state index is 12.5. The molecule has 0 atom stereocenters. The maximum Gasteiger partial charge on any atom is 0.258 e. The number of benzene rings is 2. The number of nitrogens with two attached hydrogens (primary N) is 1. The normalized spacial score (nSPS) is 10.2. The van der Waals surface area contributed by atoms with E-state index in [2.05, 4.69) is 0 Å². The minimum atomic E-state index is -0.0992. The van der Waals surface area contributed by atoms with E-state index in [4.69, 9.17) is 29.6 Å². The van der Waals surface area contributed by atoms with E-state index in [0.717, 1.165) is 16.8 Å². The van der Waals surface area contributed by atoms with Crippen LogP contribution in [-0.2, 0) is 0 Å². The Balaban J connectivity index is 2.25. The topological polar surface area (TPSA) is 46.3 Å². The lowest BCUT2D eigenvalue weighted by Crippen LogP contribution is -2.26. The summed E-state index contributed by atoms with van der Waals surface area (Å²) in [5.74, 6) is -0.0992. The Morgan fingerprint density at radius 1 is 1.14 bits per heavy atom. The zero-order valence-corrected chi connectivity index (χ0v) is 13.3. The van der Waals surface area contributed by atoms with Crippen molar-refractivity contribution in [3.63, 3.8) is 0 Å². The molecule has 2 rings (SSSR count). The third-order valence-corrected chi connectivity index (χ3v) is 3.91. The number of aryl methyl sites for hydroxylation is 1. The van der Waals surface area contributed by atoms with Gasteiger partial charge in [0.25, 0.3) is 5.91 Å². The molecular formula is C16H15ClN2OS.